The number of hydrogen-bond donors (Lipinski definition) is 1. The molecule has 1 heterocycles. The summed E-state index contributed by atoms with van der Waals surface area (Å²) in [6.45, 7) is 2.58. The van der Waals surface area contributed by atoms with Gasteiger partial charge in [0.15, 0.2) is 6.23 Å². The number of carbonyl (C=O) groups excluding carboxylic acids is 1. The lowest BCUT2D eigenvalue weighted by Crippen LogP contribution is -2.28. The van der Waals surface area contributed by atoms with Crippen molar-refractivity contribution in [3.63, 3.8) is 0 Å². The van der Waals surface area contributed by atoms with Crippen LogP contribution in [0.5, 0.6) is 0 Å². The summed E-state index contributed by atoms with van der Waals surface area (Å²) >= 11 is 0. The Bertz CT molecular complexity index is 637. The molecule has 1 unspecified atom stereocenters. The number of nitrogens with zero attached hydrogens (tertiary/aromatic N) is 1. The third-order valence-corrected chi connectivity index (χ3v) is 3.69. The van der Waals surface area contributed by atoms with Crippen LogP contribution in [-0.4, -0.2) is 22.5 Å². The molecule has 2 aromatic rings. The number of carbonyl (C=O) groups is 1. The van der Waals surface area contributed by atoms with E-state index in [2.05, 4.69) is 0 Å². The molecule has 0 spiro atoms. The number of fused-ring (bicyclic) bond motifs is 1. The first-order chi connectivity index (χ1) is 9.72. The van der Waals surface area contributed by atoms with Crippen LogP contribution in [-0.2, 0) is 0 Å². The number of amides is 1. The van der Waals surface area contributed by atoms with Crippen LogP contribution in [0.4, 0.5) is 0 Å². The summed E-state index contributed by atoms with van der Waals surface area (Å²) in [6.07, 6.45) is 0.0172. The zero-order valence-corrected chi connectivity index (χ0v) is 11.4. The fraction of sp³-hybridized carbons (Fsp3) is 0.235. The molecule has 1 aliphatic rings. The lowest BCUT2D eigenvalue weighted by molar-refractivity contribution is 0.0178. The Morgan fingerprint density at radius 2 is 1.85 bits per heavy atom. The molecule has 20 heavy (non-hydrogen) atoms. The molecule has 1 N–H and O–H groups in total. The Balaban J connectivity index is 2.02. The molecule has 1 amide bonds. The molecule has 1 aliphatic heterocycles. The van der Waals surface area contributed by atoms with Gasteiger partial charge < -0.3 is 10.0 Å². The highest BCUT2D eigenvalue weighted by Crippen LogP contribution is 2.34. The average Bonchev–Trinajstić information content (AvgIpc) is 2.73. The van der Waals surface area contributed by atoms with Gasteiger partial charge in [0.2, 0.25) is 0 Å². The monoisotopic (exact) mass is 267 g/mol. The van der Waals surface area contributed by atoms with Crippen molar-refractivity contribution in [2.45, 2.75) is 19.6 Å². The SMILES string of the molecule is CCCN1C(=O)c2ccc(-c3ccccc3)cc2C1O. The molecule has 0 aliphatic carbocycles. The Morgan fingerprint density at radius 1 is 1.10 bits per heavy atom. The van der Waals surface area contributed by atoms with Crippen LogP contribution in [0.1, 0.15) is 35.5 Å². The van der Waals surface area contributed by atoms with E-state index in [4.69, 9.17) is 0 Å². The Morgan fingerprint density at radius 3 is 2.55 bits per heavy atom. The topological polar surface area (TPSA) is 40.5 Å². The fourth-order valence-corrected chi connectivity index (χ4v) is 2.68. The third kappa shape index (κ3) is 2.00. The van der Waals surface area contributed by atoms with Crippen molar-refractivity contribution in [2.75, 3.05) is 6.54 Å². The van der Waals surface area contributed by atoms with E-state index in [1.807, 2.05) is 55.5 Å². The summed E-state index contributed by atoms with van der Waals surface area (Å²) in [4.78, 5) is 13.7. The van der Waals surface area contributed by atoms with Gasteiger partial charge in [-0.25, -0.2) is 0 Å². The van der Waals surface area contributed by atoms with Crippen LogP contribution < -0.4 is 0 Å². The molecule has 3 heteroatoms. The average molecular weight is 267 g/mol. The molecule has 3 nitrogen and oxygen atoms in total. The number of aliphatic hydroxyl groups is 1. The Kier molecular flexibility index (Phi) is 3.28. The highest BCUT2D eigenvalue weighted by Gasteiger charge is 2.34. The van der Waals surface area contributed by atoms with Crippen molar-refractivity contribution in [1.29, 1.82) is 0 Å². The molecule has 102 valence electrons. The molecule has 0 bridgehead atoms. The highest BCUT2D eigenvalue weighted by atomic mass is 16.3. The standard InChI is InChI=1S/C17H17NO2/c1-2-10-18-16(19)14-9-8-13(11-15(14)17(18)20)12-6-4-3-5-7-12/h3-9,11,17,20H,2,10H2,1H3. The van der Waals surface area contributed by atoms with Gasteiger partial charge >= 0.3 is 0 Å². The molecule has 0 fully saturated rings. The van der Waals surface area contributed by atoms with Gasteiger partial charge in [-0.2, -0.15) is 0 Å². The van der Waals surface area contributed by atoms with Crippen molar-refractivity contribution < 1.29 is 9.90 Å². The van der Waals surface area contributed by atoms with Gasteiger partial charge in [0.1, 0.15) is 0 Å². The van der Waals surface area contributed by atoms with Crippen molar-refractivity contribution in [2.24, 2.45) is 0 Å². The van der Waals surface area contributed by atoms with Crippen LogP contribution in [0.2, 0.25) is 0 Å². The van der Waals surface area contributed by atoms with E-state index in [0.717, 1.165) is 17.5 Å². The van der Waals surface area contributed by atoms with E-state index < -0.39 is 6.23 Å². The van der Waals surface area contributed by atoms with E-state index in [9.17, 15) is 9.90 Å². The number of aliphatic hydroxyl groups excluding tert-OH is 1. The van der Waals surface area contributed by atoms with Gasteiger partial charge in [0, 0.05) is 17.7 Å². The van der Waals surface area contributed by atoms with Gasteiger partial charge in [-0.1, -0.05) is 43.3 Å². The number of benzene rings is 2. The number of hydrogen-bond acceptors (Lipinski definition) is 2. The van der Waals surface area contributed by atoms with Crippen LogP contribution in [0, 0.1) is 0 Å². The largest absolute Gasteiger partial charge is 0.369 e. The van der Waals surface area contributed by atoms with Gasteiger partial charge in [0.25, 0.3) is 5.91 Å². The molecule has 2 aromatic carbocycles. The van der Waals surface area contributed by atoms with Gasteiger partial charge in [-0.3, -0.25) is 4.79 Å². The normalized spacial score (nSPS) is 17.4. The summed E-state index contributed by atoms with van der Waals surface area (Å²) in [5, 5.41) is 10.3. The van der Waals surface area contributed by atoms with Crippen molar-refractivity contribution in [3.05, 3.63) is 59.7 Å². The van der Waals surface area contributed by atoms with Gasteiger partial charge in [-0.05, 0) is 29.7 Å². The van der Waals surface area contributed by atoms with E-state index in [1.54, 1.807) is 0 Å². The zero-order chi connectivity index (χ0) is 14.1. The maximum absolute atomic E-state index is 12.2. The molecule has 0 radical (unpaired) electrons. The first kappa shape index (κ1) is 12.9. The maximum atomic E-state index is 12.2. The number of rotatable bonds is 3. The predicted octanol–water partition coefficient (Wildman–Crippen LogP) is 3.21. The molecule has 1 atom stereocenters. The van der Waals surface area contributed by atoms with E-state index in [1.165, 1.54) is 4.90 Å². The minimum absolute atomic E-state index is 0.0750. The first-order valence-corrected chi connectivity index (χ1v) is 6.90. The zero-order valence-electron chi connectivity index (χ0n) is 11.4. The van der Waals surface area contributed by atoms with E-state index in [-0.39, 0.29) is 5.91 Å². The molecular formula is C17H17NO2. The molecule has 0 saturated carbocycles. The Hall–Kier alpha value is -2.13. The smallest absolute Gasteiger partial charge is 0.256 e. The third-order valence-electron chi connectivity index (χ3n) is 3.69. The van der Waals surface area contributed by atoms with Gasteiger partial charge in [-0.15, -0.1) is 0 Å². The predicted molar refractivity (Wildman–Crippen MR) is 78.2 cm³/mol. The quantitative estimate of drug-likeness (QED) is 0.927. The fourth-order valence-electron chi connectivity index (χ4n) is 2.68. The minimum atomic E-state index is -0.818. The van der Waals surface area contributed by atoms with Crippen LogP contribution in [0.15, 0.2) is 48.5 Å². The van der Waals surface area contributed by atoms with Crippen LogP contribution in [0.3, 0.4) is 0 Å². The lowest BCUT2D eigenvalue weighted by Gasteiger charge is -2.19. The minimum Gasteiger partial charge on any atom is -0.369 e. The maximum Gasteiger partial charge on any atom is 0.256 e. The summed E-state index contributed by atoms with van der Waals surface area (Å²) in [5.41, 5.74) is 3.44. The van der Waals surface area contributed by atoms with E-state index >= 15 is 0 Å². The molecule has 0 aromatic heterocycles. The second kappa shape index (κ2) is 5.10. The summed E-state index contributed by atoms with van der Waals surface area (Å²) in [6, 6.07) is 15.7. The highest BCUT2D eigenvalue weighted by molar-refractivity contribution is 5.99. The second-order valence-electron chi connectivity index (χ2n) is 5.04. The molecule has 3 rings (SSSR count). The first-order valence-electron chi connectivity index (χ1n) is 6.90. The van der Waals surface area contributed by atoms with Crippen molar-refractivity contribution >= 4 is 5.91 Å². The van der Waals surface area contributed by atoms with Crippen molar-refractivity contribution in [3.8, 4) is 11.1 Å². The molecular weight excluding hydrogens is 250 g/mol. The summed E-state index contributed by atoms with van der Waals surface area (Å²) in [7, 11) is 0. The van der Waals surface area contributed by atoms with Crippen LogP contribution in [0.25, 0.3) is 11.1 Å². The lowest BCUT2D eigenvalue weighted by atomic mass is 10.00. The van der Waals surface area contributed by atoms with Crippen molar-refractivity contribution in [1.82, 2.24) is 4.90 Å². The van der Waals surface area contributed by atoms with Crippen LogP contribution >= 0.6 is 0 Å². The second-order valence-corrected chi connectivity index (χ2v) is 5.04. The van der Waals surface area contributed by atoms with Gasteiger partial charge in [0.05, 0.1) is 0 Å². The molecule has 0 saturated heterocycles. The summed E-state index contributed by atoms with van der Waals surface area (Å²) in [5.74, 6) is -0.0750. The summed E-state index contributed by atoms with van der Waals surface area (Å²) < 4.78 is 0. The Labute approximate surface area is 118 Å². The van der Waals surface area contributed by atoms with E-state index in [0.29, 0.717) is 17.7 Å².